The highest BCUT2D eigenvalue weighted by atomic mass is 16.6. The Balaban J connectivity index is 2.18. The van der Waals surface area contributed by atoms with Crippen molar-refractivity contribution >= 4 is 11.9 Å². The molecular weight excluding hydrogens is 198 g/mol. The Hall–Kier alpha value is -1.10. The van der Waals surface area contributed by atoms with Crippen LogP contribution in [0.1, 0.15) is 20.3 Å². The van der Waals surface area contributed by atoms with E-state index in [0.717, 1.165) is 6.42 Å². The summed E-state index contributed by atoms with van der Waals surface area (Å²) in [5.74, 6) is -0.224. The standard InChI is InChI=1S/C10H17NO4/c1-6(2)4-5-14-10(13)8-7(15-8)9(12)11-3/h6-8H,4-5H2,1-3H3,(H,11,12). The maximum Gasteiger partial charge on any atom is 0.338 e. The second kappa shape index (κ2) is 5.11. The summed E-state index contributed by atoms with van der Waals surface area (Å²) in [7, 11) is 1.51. The number of hydrogen-bond donors (Lipinski definition) is 1. The molecule has 1 aliphatic rings. The van der Waals surface area contributed by atoms with Crippen molar-refractivity contribution in [3.63, 3.8) is 0 Å². The summed E-state index contributed by atoms with van der Waals surface area (Å²) in [6.45, 7) is 4.49. The van der Waals surface area contributed by atoms with Crippen LogP contribution in [-0.2, 0) is 19.1 Å². The predicted octanol–water partition coefficient (Wildman–Crippen LogP) is 0.0891. The van der Waals surface area contributed by atoms with Crippen LogP contribution in [0.4, 0.5) is 0 Å². The minimum Gasteiger partial charge on any atom is -0.464 e. The van der Waals surface area contributed by atoms with Crippen molar-refractivity contribution in [1.82, 2.24) is 5.32 Å². The molecule has 1 fully saturated rings. The number of amides is 1. The maximum atomic E-state index is 11.3. The van der Waals surface area contributed by atoms with Gasteiger partial charge >= 0.3 is 5.97 Å². The average molecular weight is 215 g/mol. The number of likely N-dealkylation sites (N-methyl/N-ethyl adjacent to an activating group) is 1. The smallest absolute Gasteiger partial charge is 0.338 e. The fraction of sp³-hybridized carbons (Fsp3) is 0.800. The largest absolute Gasteiger partial charge is 0.464 e. The van der Waals surface area contributed by atoms with E-state index in [9.17, 15) is 9.59 Å². The van der Waals surface area contributed by atoms with Gasteiger partial charge in [0.1, 0.15) is 0 Å². The van der Waals surface area contributed by atoms with Gasteiger partial charge in [-0.3, -0.25) is 4.79 Å². The van der Waals surface area contributed by atoms with Crippen molar-refractivity contribution in [3.05, 3.63) is 0 Å². The Morgan fingerprint density at radius 1 is 1.40 bits per heavy atom. The molecule has 1 rings (SSSR count). The van der Waals surface area contributed by atoms with Crippen molar-refractivity contribution in [1.29, 1.82) is 0 Å². The summed E-state index contributed by atoms with van der Waals surface area (Å²) < 4.78 is 9.86. The number of nitrogens with one attached hydrogen (secondary N) is 1. The lowest BCUT2D eigenvalue weighted by molar-refractivity contribution is -0.145. The first-order chi connectivity index (χ1) is 7.06. The molecule has 1 heterocycles. The summed E-state index contributed by atoms with van der Waals surface area (Å²) >= 11 is 0. The van der Waals surface area contributed by atoms with Gasteiger partial charge in [0.25, 0.3) is 5.91 Å². The van der Waals surface area contributed by atoms with Crippen molar-refractivity contribution < 1.29 is 19.1 Å². The summed E-state index contributed by atoms with van der Waals surface area (Å²) in [6, 6.07) is 0. The maximum absolute atomic E-state index is 11.3. The number of hydrogen-bond acceptors (Lipinski definition) is 4. The Bertz CT molecular complexity index is 252. The van der Waals surface area contributed by atoms with Gasteiger partial charge in [-0.05, 0) is 12.3 Å². The fourth-order valence-electron chi connectivity index (χ4n) is 1.11. The van der Waals surface area contributed by atoms with Crippen LogP contribution in [0.25, 0.3) is 0 Å². The molecule has 1 N–H and O–H groups in total. The first-order valence-corrected chi connectivity index (χ1v) is 5.10. The van der Waals surface area contributed by atoms with Gasteiger partial charge in [0.2, 0.25) is 0 Å². The van der Waals surface area contributed by atoms with E-state index in [2.05, 4.69) is 19.2 Å². The number of epoxide rings is 1. The molecule has 0 bridgehead atoms. The third kappa shape index (κ3) is 3.51. The van der Waals surface area contributed by atoms with E-state index in [1.807, 2.05) is 0 Å². The van der Waals surface area contributed by atoms with Crippen molar-refractivity contribution in [2.75, 3.05) is 13.7 Å². The van der Waals surface area contributed by atoms with Crippen LogP contribution < -0.4 is 5.32 Å². The van der Waals surface area contributed by atoms with E-state index < -0.39 is 18.2 Å². The Morgan fingerprint density at radius 3 is 2.60 bits per heavy atom. The van der Waals surface area contributed by atoms with Gasteiger partial charge in [0.15, 0.2) is 12.2 Å². The van der Waals surface area contributed by atoms with Crippen molar-refractivity contribution in [3.8, 4) is 0 Å². The van der Waals surface area contributed by atoms with Crippen LogP contribution in [0.2, 0.25) is 0 Å². The minimum atomic E-state index is -0.697. The molecule has 2 unspecified atom stereocenters. The molecule has 1 amide bonds. The third-order valence-electron chi connectivity index (χ3n) is 2.17. The summed E-state index contributed by atoms with van der Waals surface area (Å²) in [5, 5.41) is 2.41. The number of ether oxygens (including phenoxy) is 2. The lowest BCUT2D eigenvalue weighted by Crippen LogP contribution is -2.27. The van der Waals surface area contributed by atoms with E-state index in [-0.39, 0.29) is 5.91 Å². The molecule has 0 radical (unpaired) electrons. The molecule has 5 heteroatoms. The van der Waals surface area contributed by atoms with Gasteiger partial charge in [0.05, 0.1) is 6.61 Å². The molecule has 0 spiro atoms. The molecule has 1 saturated heterocycles. The summed E-state index contributed by atoms with van der Waals surface area (Å²) in [5.41, 5.74) is 0. The molecule has 0 aromatic rings. The zero-order valence-electron chi connectivity index (χ0n) is 9.28. The normalized spacial score (nSPS) is 23.7. The lowest BCUT2D eigenvalue weighted by atomic mass is 10.1. The zero-order valence-corrected chi connectivity index (χ0v) is 9.28. The van der Waals surface area contributed by atoms with E-state index >= 15 is 0 Å². The lowest BCUT2D eigenvalue weighted by Gasteiger charge is -2.04. The molecule has 5 nitrogen and oxygen atoms in total. The number of rotatable bonds is 5. The van der Waals surface area contributed by atoms with Crippen LogP contribution in [0.5, 0.6) is 0 Å². The highest BCUT2D eigenvalue weighted by Crippen LogP contribution is 2.23. The van der Waals surface area contributed by atoms with Gasteiger partial charge < -0.3 is 14.8 Å². The van der Waals surface area contributed by atoms with Crippen molar-refractivity contribution in [2.45, 2.75) is 32.5 Å². The predicted molar refractivity (Wildman–Crippen MR) is 53.1 cm³/mol. The Morgan fingerprint density at radius 2 is 2.07 bits per heavy atom. The highest BCUT2D eigenvalue weighted by Gasteiger charge is 2.51. The van der Waals surface area contributed by atoms with Gasteiger partial charge in [-0.25, -0.2) is 4.79 Å². The topological polar surface area (TPSA) is 67.9 Å². The van der Waals surface area contributed by atoms with Crippen LogP contribution in [0.3, 0.4) is 0 Å². The van der Waals surface area contributed by atoms with Crippen LogP contribution in [-0.4, -0.2) is 37.7 Å². The third-order valence-corrected chi connectivity index (χ3v) is 2.17. The van der Waals surface area contributed by atoms with E-state index in [1.54, 1.807) is 0 Å². The molecule has 0 aromatic heterocycles. The highest BCUT2D eigenvalue weighted by molar-refractivity contribution is 5.92. The van der Waals surface area contributed by atoms with Gasteiger partial charge in [-0.1, -0.05) is 13.8 Å². The molecule has 15 heavy (non-hydrogen) atoms. The van der Waals surface area contributed by atoms with Gasteiger partial charge in [-0.15, -0.1) is 0 Å². The van der Waals surface area contributed by atoms with E-state index in [4.69, 9.17) is 9.47 Å². The number of esters is 1. The molecule has 0 saturated carbocycles. The fourth-order valence-corrected chi connectivity index (χ4v) is 1.11. The summed E-state index contributed by atoms with van der Waals surface area (Å²) in [4.78, 5) is 22.3. The van der Waals surface area contributed by atoms with Crippen LogP contribution >= 0.6 is 0 Å². The Kier molecular flexibility index (Phi) is 4.08. The Labute approximate surface area is 89.1 Å². The van der Waals surface area contributed by atoms with Gasteiger partial charge in [-0.2, -0.15) is 0 Å². The first kappa shape index (κ1) is 12.0. The monoisotopic (exact) mass is 215 g/mol. The quantitative estimate of drug-likeness (QED) is 0.521. The van der Waals surface area contributed by atoms with Gasteiger partial charge in [0, 0.05) is 7.05 Å². The van der Waals surface area contributed by atoms with E-state index in [1.165, 1.54) is 7.05 Å². The molecule has 2 atom stereocenters. The molecule has 0 aliphatic carbocycles. The molecule has 86 valence electrons. The second-order valence-corrected chi connectivity index (χ2v) is 3.94. The number of carbonyl (C=O) groups excluding carboxylic acids is 2. The minimum absolute atomic E-state index is 0.277. The average Bonchev–Trinajstić information content (AvgIpc) is 2.95. The summed E-state index contributed by atoms with van der Waals surface area (Å²) in [6.07, 6.45) is -0.526. The van der Waals surface area contributed by atoms with E-state index in [0.29, 0.717) is 12.5 Å². The molecule has 0 aromatic carbocycles. The molecular formula is C10H17NO4. The first-order valence-electron chi connectivity index (χ1n) is 5.10. The second-order valence-electron chi connectivity index (χ2n) is 3.94. The molecule has 1 aliphatic heterocycles. The number of carbonyl (C=O) groups is 2. The van der Waals surface area contributed by atoms with Crippen LogP contribution in [0, 0.1) is 5.92 Å². The van der Waals surface area contributed by atoms with Crippen LogP contribution in [0.15, 0.2) is 0 Å². The van der Waals surface area contributed by atoms with Crippen molar-refractivity contribution in [2.24, 2.45) is 5.92 Å². The zero-order chi connectivity index (χ0) is 11.4. The SMILES string of the molecule is CNC(=O)C1OC1C(=O)OCCC(C)C.